The van der Waals surface area contributed by atoms with E-state index >= 15 is 0 Å². The van der Waals surface area contributed by atoms with Crippen molar-refractivity contribution in [2.75, 3.05) is 32.0 Å². The third-order valence-corrected chi connectivity index (χ3v) is 5.65. The van der Waals surface area contributed by atoms with Gasteiger partial charge in [-0.3, -0.25) is 0 Å². The van der Waals surface area contributed by atoms with Crippen molar-refractivity contribution in [1.82, 2.24) is 0 Å². The maximum Gasteiger partial charge on any atom is 0.168 e. The van der Waals surface area contributed by atoms with Gasteiger partial charge in [0.2, 0.25) is 0 Å². The normalized spacial score (nSPS) is 13.0. The van der Waals surface area contributed by atoms with E-state index in [9.17, 15) is 0 Å². The lowest BCUT2D eigenvalue weighted by Gasteiger charge is -2.31. The minimum atomic E-state index is -0.950. The lowest BCUT2D eigenvalue weighted by atomic mass is 9.99. The largest absolute Gasteiger partial charge is 0.396 e. The fraction of sp³-hybridized carbons (Fsp3) is 1.00. The first-order valence-corrected chi connectivity index (χ1v) is 15.5. The molecule has 0 heterocycles. The molecule has 0 spiro atoms. The maximum atomic E-state index is 8.33. The van der Waals surface area contributed by atoms with Gasteiger partial charge >= 0.3 is 0 Å². The van der Waals surface area contributed by atoms with Crippen LogP contribution in [0.25, 0.3) is 0 Å². The minimum absolute atomic E-state index is 0.0206. The van der Waals surface area contributed by atoms with E-state index in [4.69, 9.17) is 21.9 Å². The lowest BCUT2D eigenvalue weighted by molar-refractivity contribution is -0.0786. The Hall–Kier alpha value is 0.295. The van der Waals surface area contributed by atoms with Crippen LogP contribution in [0, 0.1) is 0 Å². The van der Waals surface area contributed by atoms with Crippen molar-refractivity contribution in [3.63, 3.8) is 0 Å². The summed E-state index contributed by atoms with van der Waals surface area (Å²) in [6, 6.07) is 0. The summed E-state index contributed by atoms with van der Waals surface area (Å²) in [6.45, 7) is 5.71. The second kappa shape index (κ2) is 25.6. The topological polar surface area (TPSA) is 38.7 Å². The number of ether oxygens (including phenoxy) is 1. The van der Waals surface area contributed by atoms with E-state index in [1.807, 2.05) is 0 Å². The number of hydrogen-bond acceptors (Lipinski definition) is 3. The molecule has 0 fully saturated rings. The smallest absolute Gasteiger partial charge is 0.168 e. The van der Waals surface area contributed by atoms with Crippen molar-refractivity contribution < 1.29 is 14.0 Å². The molecule has 0 rings (SSSR count). The Morgan fingerprint density at radius 1 is 0.700 bits per heavy atom. The molecule has 0 bridgehead atoms. The second-order valence-electron chi connectivity index (χ2n) is 9.02. The molecule has 0 aliphatic heterocycles. The van der Waals surface area contributed by atoms with Crippen LogP contribution in [0.3, 0.4) is 0 Å². The molecule has 182 valence electrons. The molecule has 3 nitrogen and oxygen atoms in total. The molecule has 0 aromatic rings. The standard InChI is InChI=1S/C19H42O2S.C6H13BO/c1-6-8-10-12-14-16-18-20-19(21-22(3,4)5)17-15-13-11-9-7-2;7-5-3-1-2-4-6-8/h19H,6-18H2,1-5H3;8H,1-6H2. The van der Waals surface area contributed by atoms with Crippen molar-refractivity contribution in [2.24, 2.45) is 0 Å². The quantitative estimate of drug-likeness (QED) is 0.111. The summed E-state index contributed by atoms with van der Waals surface area (Å²) in [6.07, 6.45) is 27.2. The molecular weight excluding hydrogens is 391 g/mol. The van der Waals surface area contributed by atoms with Gasteiger partial charge in [0.25, 0.3) is 0 Å². The monoisotopic (exact) mass is 446 g/mol. The SMILES string of the molecule is CCCCCCCCOC(CCCCCCC)OS(C)(C)C.[B]CCCCCCO. The van der Waals surface area contributed by atoms with Crippen molar-refractivity contribution in [3.8, 4) is 0 Å². The molecule has 0 aliphatic rings. The van der Waals surface area contributed by atoms with Crippen LogP contribution < -0.4 is 0 Å². The Balaban J connectivity index is 0. The van der Waals surface area contributed by atoms with Crippen LogP contribution >= 0.6 is 10.3 Å². The van der Waals surface area contributed by atoms with Gasteiger partial charge in [0.1, 0.15) is 0 Å². The zero-order chi connectivity index (χ0) is 22.9. The Labute approximate surface area is 193 Å². The molecule has 0 aromatic carbocycles. The molecule has 1 atom stereocenters. The number of unbranched alkanes of at least 4 members (excludes halogenated alkanes) is 12. The summed E-state index contributed by atoms with van der Waals surface area (Å²) in [5.41, 5.74) is 0. The number of hydrogen-bond donors (Lipinski definition) is 1. The third-order valence-electron chi connectivity index (χ3n) is 4.85. The molecule has 0 saturated heterocycles. The predicted molar refractivity (Wildman–Crippen MR) is 139 cm³/mol. The van der Waals surface area contributed by atoms with Crippen LogP contribution in [-0.4, -0.2) is 51.2 Å². The van der Waals surface area contributed by atoms with E-state index in [0.29, 0.717) is 6.61 Å². The Morgan fingerprint density at radius 3 is 1.73 bits per heavy atom. The van der Waals surface area contributed by atoms with Gasteiger partial charge in [0.05, 0.1) is 7.85 Å². The average Bonchev–Trinajstić information content (AvgIpc) is 2.69. The van der Waals surface area contributed by atoms with E-state index < -0.39 is 10.3 Å². The first-order valence-electron chi connectivity index (χ1n) is 12.7. The molecule has 0 aliphatic carbocycles. The van der Waals surface area contributed by atoms with Crippen molar-refractivity contribution in [1.29, 1.82) is 0 Å². The van der Waals surface area contributed by atoms with Crippen LogP contribution in [0.1, 0.15) is 117 Å². The molecular formula is C25H55BO3S. The van der Waals surface area contributed by atoms with E-state index in [2.05, 4.69) is 32.6 Å². The van der Waals surface area contributed by atoms with Gasteiger partial charge in [-0.1, -0.05) is 97.2 Å². The molecule has 1 N–H and O–H groups in total. The molecule has 0 amide bonds. The average molecular weight is 447 g/mol. The highest BCUT2D eigenvalue weighted by atomic mass is 32.3. The fourth-order valence-electron chi connectivity index (χ4n) is 3.10. The van der Waals surface area contributed by atoms with E-state index in [0.717, 1.165) is 45.0 Å². The van der Waals surface area contributed by atoms with Crippen molar-refractivity contribution >= 4 is 18.2 Å². The van der Waals surface area contributed by atoms with E-state index in [1.54, 1.807) is 0 Å². The van der Waals surface area contributed by atoms with Gasteiger partial charge < -0.3 is 14.0 Å². The summed E-state index contributed by atoms with van der Waals surface area (Å²) < 4.78 is 12.2. The maximum absolute atomic E-state index is 8.33. The fourth-order valence-corrected chi connectivity index (χ4v) is 3.90. The van der Waals surface area contributed by atoms with Crippen LogP contribution in [-0.2, 0) is 8.92 Å². The lowest BCUT2D eigenvalue weighted by Crippen LogP contribution is -2.19. The van der Waals surface area contributed by atoms with Gasteiger partial charge in [-0.15, -0.1) is 10.3 Å². The Bertz CT molecular complexity index is 305. The predicted octanol–water partition coefficient (Wildman–Crippen LogP) is 7.80. The van der Waals surface area contributed by atoms with Crippen molar-refractivity contribution in [3.05, 3.63) is 0 Å². The first kappa shape index (κ1) is 32.5. The zero-order valence-electron chi connectivity index (χ0n) is 21.3. The van der Waals surface area contributed by atoms with Crippen LogP contribution in [0.5, 0.6) is 0 Å². The van der Waals surface area contributed by atoms with Crippen LogP contribution in [0.2, 0.25) is 6.32 Å². The summed E-state index contributed by atoms with van der Waals surface area (Å²) in [4.78, 5) is 0. The molecule has 30 heavy (non-hydrogen) atoms. The summed E-state index contributed by atoms with van der Waals surface area (Å²) in [5, 5.41) is 8.33. The third kappa shape index (κ3) is 30.5. The molecule has 2 radical (unpaired) electrons. The molecule has 0 saturated carbocycles. The van der Waals surface area contributed by atoms with Crippen LogP contribution in [0.15, 0.2) is 0 Å². The summed E-state index contributed by atoms with van der Waals surface area (Å²) >= 11 is 0. The highest BCUT2D eigenvalue weighted by Crippen LogP contribution is 2.38. The van der Waals surface area contributed by atoms with E-state index in [-0.39, 0.29) is 6.29 Å². The highest BCUT2D eigenvalue weighted by molar-refractivity contribution is 8.28. The molecule has 5 heteroatoms. The second-order valence-corrected chi connectivity index (χ2v) is 12.7. The van der Waals surface area contributed by atoms with Gasteiger partial charge in [-0.25, -0.2) is 0 Å². The van der Waals surface area contributed by atoms with Gasteiger partial charge in [0.15, 0.2) is 6.29 Å². The number of rotatable bonds is 21. The Morgan fingerprint density at radius 2 is 1.20 bits per heavy atom. The van der Waals surface area contributed by atoms with Gasteiger partial charge in [-0.05, 0) is 44.5 Å². The van der Waals surface area contributed by atoms with Gasteiger partial charge in [-0.2, -0.15) is 0 Å². The van der Waals surface area contributed by atoms with Gasteiger partial charge in [0, 0.05) is 13.2 Å². The summed E-state index contributed by atoms with van der Waals surface area (Å²) in [7, 11) is 4.30. The number of aliphatic hydroxyl groups is 1. The highest BCUT2D eigenvalue weighted by Gasteiger charge is 2.15. The summed E-state index contributed by atoms with van der Waals surface area (Å²) in [5.74, 6) is 0. The number of aliphatic hydroxyl groups excluding tert-OH is 1. The zero-order valence-corrected chi connectivity index (χ0v) is 22.1. The van der Waals surface area contributed by atoms with Crippen LogP contribution in [0.4, 0.5) is 0 Å². The first-order chi connectivity index (χ1) is 14.4. The molecule has 0 aromatic heterocycles. The molecule has 1 unspecified atom stereocenters. The van der Waals surface area contributed by atoms with E-state index in [1.165, 1.54) is 70.6 Å². The van der Waals surface area contributed by atoms with Crippen molar-refractivity contribution in [2.45, 2.75) is 129 Å². The Kier molecular flexibility index (Phi) is 27.7. The minimum Gasteiger partial charge on any atom is -0.396 e.